The van der Waals surface area contributed by atoms with Crippen LogP contribution >= 0.6 is 11.3 Å². The maximum Gasteiger partial charge on any atom is 0.272 e. The van der Waals surface area contributed by atoms with Crippen LogP contribution in [-0.2, 0) is 0 Å². The molecule has 1 fully saturated rings. The van der Waals surface area contributed by atoms with E-state index in [-0.39, 0.29) is 5.91 Å². The van der Waals surface area contributed by atoms with Crippen molar-refractivity contribution >= 4 is 34.4 Å². The summed E-state index contributed by atoms with van der Waals surface area (Å²) in [7, 11) is 0. The Morgan fingerprint density at radius 1 is 1.30 bits per heavy atom. The van der Waals surface area contributed by atoms with E-state index >= 15 is 0 Å². The second-order valence-corrected chi connectivity index (χ2v) is 6.42. The van der Waals surface area contributed by atoms with E-state index in [1.54, 1.807) is 17.6 Å². The van der Waals surface area contributed by atoms with Gasteiger partial charge in [-0.05, 0) is 41.8 Å². The molecule has 0 radical (unpaired) electrons. The summed E-state index contributed by atoms with van der Waals surface area (Å²) in [5, 5.41) is 8.86. The molecule has 0 spiro atoms. The van der Waals surface area contributed by atoms with Crippen molar-refractivity contribution in [1.29, 1.82) is 0 Å². The van der Waals surface area contributed by atoms with Crippen molar-refractivity contribution in [1.82, 2.24) is 10.4 Å². The van der Waals surface area contributed by atoms with E-state index in [0.29, 0.717) is 11.5 Å². The monoisotopic (exact) mass is 321 g/mol. The van der Waals surface area contributed by atoms with Crippen LogP contribution in [0.15, 0.2) is 52.3 Å². The Labute approximate surface area is 137 Å². The number of thiophene rings is 1. The molecule has 1 aliphatic carbocycles. The molecule has 1 aliphatic rings. The first-order chi connectivity index (χ1) is 11.3. The summed E-state index contributed by atoms with van der Waals surface area (Å²) >= 11 is 1.60. The number of nitrogens with zero attached hydrogens (tertiary/aromatic N) is 2. The number of aromatic nitrogens is 1. The maximum atomic E-state index is 12.5. The Morgan fingerprint density at radius 2 is 2.17 bits per heavy atom. The Hall–Kier alpha value is -2.53. The lowest BCUT2D eigenvalue weighted by Gasteiger charge is -2.08. The van der Waals surface area contributed by atoms with Crippen molar-refractivity contribution in [3.63, 3.8) is 0 Å². The van der Waals surface area contributed by atoms with Crippen molar-refractivity contribution in [3.05, 3.63) is 64.0 Å². The van der Waals surface area contributed by atoms with E-state index in [2.05, 4.69) is 15.5 Å². The third kappa shape index (κ3) is 3.00. The van der Waals surface area contributed by atoms with Crippen molar-refractivity contribution in [2.24, 2.45) is 5.10 Å². The van der Waals surface area contributed by atoms with Gasteiger partial charge in [0.2, 0.25) is 0 Å². The lowest BCUT2D eigenvalue weighted by molar-refractivity contribution is 0.0956. The van der Waals surface area contributed by atoms with Gasteiger partial charge in [0, 0.05) is 22.6 Å². The quantitative estimate of drug-likeness (QED) is 0.584. The van der Waals surface area contributed by atoms with Crippen LogP contribution in [0.25, 0.3) is 10.9 Å². The highest BCUT2D eigenvalue weighted by molar-refractivity contribution is 7.08. The van der Waals surface area contributed by atoms with Gasteiger partial charge in [-0.3, -0.25) is 9.78 Å². The number of hydrogen-bond donors (Lipinski definition) is 1. The van der Waals surface area contributed by atoms with Crippen LogP contribution in [0.3, 0.4) is 0 Å². The minimum absolute atomic E-state index is 0.197. The van der Waals surface area contributed by atoms with Gasteiger partial charge in [-0.25, -0.2) is 5.43 Å². The summed E-state index contributed by atoms with van der Waals surface area (Å²) in [6, 6.07) is 11.6. The average molecular weight is 321 g/mol. The van der Waals surface area contributed by atoms with Gasteiger partial charge in [-0.2, -0.15) is 16.4 Å². The van der Waals surface area contributed by atoms with Gasteiger partial charge in [-0.1, -0.05) is 18.2 Å². The van der Waals surface area contributed by atoms with Gasteiger partial charge in [0.05, 0.1) is 17.3 Å². The minimum Gasteiger partial charge on any atom is -0.267 e. The Morgan fingerprint density at radius 3 is 2.96 bits per heavy atom. The molecule has 1 amide bonds. The van der Waals surface area contributed by atoms with Crippen molar-refractivity contribution in [3.8, 4) is 0 Å². The van der Waals surface area contributed by atoms with Gasteiger partial charge >= 0.3 is 0 Å². The number of fused-ring (bicyclic) bond motifs is 1. The van der Waals surface area contributed by atoms with Gasteiger partial charge in [-0.15, -0.1) is 0 Å². The average Bonchev–Trinajstić information content (AvgIpc) is 3.31. The van der Waals surface area contributed by atoms with E-state index in [4.69, 9.17) is 0 Å². The number of carbonyl (C=O) groups is 1. The molecule has 2 aromatic heterocycles. The van der Waals surface area contributed by atoms with Gasteiger partial charge in [0.1, 0.15) is 0 Å². The minimum atomic E-state index is -0.197. The second-order valence-electron chi connectivity index (χ2n) is 5.64. The number of para-hydroxylation sites is 1. The lowest BCUT2D eigenvalue weighted by Crippen LogP contribution is -2.18. The smallest absolute Gasteiger partial charge is 0.267 e. The summed E-state index contributed by atoms with van der Waals surface area (Å²) < 4.78 is 0. The Bertz CT molecular complexity index is 882. The molecule has 114 valence electrons. The summed E-state index contributed by atoms with van der Waals surface area (Å²) in [5.74, 6) is 0.303. The molecule has 1 aromatic carbocycles. The fourth-order valence-electron chi connectivity index (χ4n) is 2.55. The molecule has 0 saturated heterocycles. The fourth-order valence-corrected chi connectivity index (χ4v) is 3.16. The van der Waals surface area contributed by atoms with Crippen LogP contribution in [0.4, 0.5) is 0 Å². The maximum absolute atomic E-state index is 12.5. The highest BCUT2D eigenvalue weighted by atomic mass is 32.1. The lowest BCUT2D eigenvalue weighted by atomic mass is 10.1. The van der Waals surface area contributed by atoms with Crippen LogP contribution in [0.5, 0.6) is 0 Å². The zero-order valence-electron chi connectivity index (χ0n) is 12.4. The van der Waals surface area contributed by atoms with Crippen LogP contribution in [0, 0.1) is 0 Å². The van der Waals surface area contributed by atoms with Crippen LogP contribution in [-0.4, -0.2) is 17.1 Å². The summed E-state index contributed by atoms with van der Waals surface area (Å²) in [6.07, 6.45) is 3.96. The highest BCUT2D eigenvalue weighted by Crippen LogP contribution is 2.40. The molecule has 0 unspecified atom stereocenters. The molecule has 0 bridgehead atoms. The first kappa shape index (κ1) is 14.1. The molecular weight excluding hydrogens is 306 g/mol. The Balaban J connectivity index is 1.65. The molecule has 1 N–H and O–H groups in total. The number of hydrogen-bond acceptors (Lipinski definition) is 4. The topological polar surface area (TPSA) is 54.4 Å². The number of hydrazone groups is 1. The summed E-state index contributed by atoms with van der Waals surface area (Å²) in [4.78, 5) is 17.2. The van der Waals surface area contributed by atoms with Crippen LogP contribution in [0.1, 0.15) is 40.4 Å². The van der Waals surface area contributed by atoms with Gasteiger partial charge < -0.3 is 0 Å². The van der Waals surface area contributed by atoms with E-state index in [0.717, 1.165) is 35.0 Å². The molecule has 1 saturated carbocycles. The standard InChI is InChI=1S/C18H15N3OS/c22-18(21-19-10-12-7-8-23-11-12)15-9-17(13-5-6-13)20-16-4-2-1-3-14(15)16/h1-4,7-11,13H,5-6H2,(H,21,22). The molecule has 0 aliphatic heterocycles. The molecule has 3 aromatic rings. The van der Waals surface area contributed by atoms with Crippen LogP contribution in [0.2, 0.25) is 0 Å². The van der Waals surface area contributed by atoms with E-state index < -0.39 is 0 Å². The number of amides is 1. The second kappa shape index (κ2) is 5.93. The largest absolute Gasteiger partial charge is 0.272 e. The molecule has 5 heteroatoms. The molecule has 4 nitrogen and oxygen atoms in total. The molecule has 2 heterocycles. The predicted molar refractivity (Wildman–Crippen MR) is 93.1 cm³/mol. The van der Waals surface area contributed by atoms with E-state index in [1.165, 1.54) is 0 Å². The predicted octanol–water partition coefficient (Wildman–Crippen LogP) is 3.94. The number of benzene rings is 1. The van der Waals surface area contributed by atoms with E-state index in [9.17, 15) is 4.79 Å². The summed E-state index contributed by atoms with van der Waals surface area (Å²) in [6.45, 7) is 0. The first-order valence-electron chi connectivity index (χ1n) is 7.56. The zero-order valence-corrected chi connectivity index (χ0v) is 13.2. The number of rotatable bonds is 4. The third-order valence-corrected chi connectivity index (χ3v) is 4.60. The molecule has 0 atom stereocenters. The van der Waals surface area contributed by atoms with Gasteiger partial charge in [0.15, 0.2) is 0 Å². The zero-order chi connectivity index (χ0) is 15.6. The molecular formula is C18H15N3OS. The Kier molecular flexibility index (Phi) is 3.63. The molecule has 4 rings (SSSR count). The van der Waals surface area contributed by atoms with Crippen molar-refractivity contribution < 1.29 is 4.79 Å². The fraction of sp³-hybridized carbons (Fsp3) is 0.167. The highest BCUT2D eigenvalue weighted by Gasteiger charge is 2.26. The summed E-state index contributed by atoms with van der Waals surface area (Å²) in [5.41, 5.74) is 6.12. The van der Waals surface area contributed by atoms with Crippen molar-refractivity contribution in [2.75, 3.05) is 0 Å². The SMILES string of the molecule is O=C(NN=Cc1ccsc1)c1cc(C2CC2)nc2ccccc12. The normalized spacial score (nSPS) is 14.4. The van der Waals surface area contributed by atoms with Crippen molar-refractivity contribution in [2.45, 2.75) is 18.8 Å². The van der Waals surface area contributed by atoms with Crippen LogP contribution < -0.4 is 5.43 Å². The van der Waals surface area contributed by atoms with Gasteiger partial charge in [0.25, 0.3) is 5.91 Å². The van der Waals surface area contributed by atoms with E-state index in [1.807, 2.05) is 47.2 Å². The first-order valence-corrected chi connectivity index (χ1v) is 8.51. The number of nitrogens with one attached hydrogen (secondary N) is 1. The third-order valence-electron chi connectivity index (χ3n) is 3.90. The number of pyridine rings is 1. The number of carbonyl (C=O) groups excluding carboxylic acids is 1. The molecule has 23 heavy (non-hydrogen) atoms.